The van der Waals surface area contributed by atoms with Gasteiger partial charge in [-0.2, -0.15) is 0 Å². The van der Waals surface area contributed by atoms with E-state index in [9.17, 15) is 0 Å². The van der Waals surface area contributed by atoms with E-state index in [4.69, 9.17) is 0 Å². The number of para-hydroxylation sites is 1. The Morgan fingerprint density at radius 1 is 0.605 bits per heavy atom. The van der Waals surface area contributed by atoms with Gasteiger partial charge in [0, 0.05) is 57.2 Å². The van der Waals surface area contributed by atoms with Crippen LogP contribution in [-0.4, -0.2) is 9.13 Å². The van der Waals surface area contributed by atoms with E-state index in [0.29, 0.717) is 0 Å². The lowest BCUT2D eigenvalue weighted by atomic mass is 9.84. The second kappa shape index (κ2) is 10.5. The number of allylic oxidation sites excluding steroid dienone is 6. The average molecular weight is 553 g/mol. The third kappa shape index (κ3) is 4.26. The van der Waals surface area contributed by atoms with Crippen molar-refractivity contribution in [3.63, 3.8) is 0 Å². The molecule has 0 spiro atoms. The number of benzene rings is 5. The van der Waals surface area contributed by atoms with Gasteiger partial charge in [-0.05, 0) is 77.1 Å². The Morgan fingerprint density at radius 2 is 1.35 bits per heavy atom. The number of aryl methyl sites for hydroxylation is 1. The van der Waals surface area contributed by atoms with E-state index in [-0.39, 0.29) is 0 Å². The van der Waals surface area contributed by atoms with Crippen LogP contribution in [0.1, 0.15) is 18.9 Å². The van der Waals surface area contributed by atoms with E-state index in [1.54, 1.807) is 0 Å². The first-order chi connectivity index (χ1) is 21.3. The Morgan fingerprint density at radius 3 is 2.16 bits per heavy atom. The summed E-state index contributed by atoms with van der Waals surface area (Å²) in [6, 6.07) is 39.8. The normalized spacial score (nSPS) is 13.2. The lowest BCUT2D eigenvalue weighted by molar-refractivity contribution is 0.827. The first-order valence-corrected chi connectivity index (χ1v) is 15.1. The van der Waals surface area contributed by atoms with Gasteiger partial charge < -0.3 is 9.13 Å². The second-order valence-corrected chi connectivity index (χ2v) is 11.2. The highest BCUT2D eigenvalue weighted by Gasteiger charge is 2.21. The number of rotatable bonds is 5. The van der Waals surface area contributed by atoms with Gasteiger partial charge in [0.2, 0.25) is 0 Å². The van der Waals surface area contributed by atoms with Crippen molar-refractivity contribution < 1.29 is 0 Å². The molecule has 2 nitrogen and oxygen atoms in total. The van der Waals surface area contributed by atoms with Crippen molar-refractivity contribution in [3.05, 3.63) is 158 Å². The van der Waals surface area contributed by atoms with Crippen LogP contribution in [0.4, 0.5) is 0 Å². The zero-order valence-electron chi connectivity index (χ0n) is 24.2. The maximum absolute atomic E-state index is 2.41. The van der Waals surface area contributed by atoms with E-state index in [2.05, 4.69) is 168 Å². The topological polar surface area (TPSA) is 9.86 Å². The van der Waals surface area contributed by atoms with Crippen LogP contribution < -0.4 is 0 Å². The maximum atomic E-state index is 2.41. The van der Waals surface area contributed by atoms with Gasteiger partial charge in [0.1, 0.15) is 0 Å². The van der Waals surface area contributed by atoms with Gasteiger partial charge in [0.15, 0.2) is 0 Å². The smallest absolute Gasteiger partial charge is 0.0492 e. The molecule has 7 aromatic rings. The van der Waals surface area contributed by atoms with Crippen molar-refractivity contribution in [1.82, 2.24) is 9.13 Å². The van der Waals surface area contributed by atoms with E-state index < -0.39 is 0 Å². The summed E-state index contributed by atoms with van der Waals surface area (Å²) >= 11 is 0. The summed E-state index contributed by atoms with van der Waals surface area (Å²) in [5, 5.41) is 5.09. The highest BCUT2D eigenvalue weighted by molar-refractivity contribution is 6.10. The van der Waals surface area contributed by atoms with Crippen molar-refractivity contribution in [2.24, 2.45) is 0 Å². The molecule has 206 valence electrons. The van der Waals surface area contributed by atoms with E-state index in [1.165, 1.54) is 71.7 Å². The molecule has 43 heavy (non-hydrogen) atoms. The number of fused-ring (bicyclic) bond motifs is 4. The SMILES string of the molecule is CCn1c2ccccc2c2cc(-n3cc4cc(-c5ccccc5)c(C5=CC=CC=CC5)c(-c5ccccc5)c4c3)ccc21. The monoisotopic (exact) mass is 552 g/mol. The molecule has 0 radical (unpaired) electrons. The molecular formula is C41H32N2. The zero-order valence-corrected chi connectivity index (χ0v) is 24.2. The van der Waals surface area contributed by atoms with Gasteiger partial charge in [-0.1, -0.05) is 109 Å². The molecule has 2 heterocycles. The molecule has 0 atom stereocenters. The van der Waals surface area contributed by atoms with Crippen molar-refractivity contribution in [1.29, 1.82) is 0 Å². The summed E-state index contributed by atoms with van der Waals surface area (Å²) in [5.74, 6) is 0. The van der Waals surface area contributed by atoms with E-state index in [0.717, 1.165) is 13.0 Å². The first kappa shape index (κ1) is 25.4. The molecule has 2 aromatic heterocycles. The van der Waals surface area contributed by atoms with Crippen molar-refractivity contribution >= 4 is 38.2 Å². The predicted molar refractivity (Wildman–Crippen MR) is 184 cm³/mol. The van der Waals surface area contributed by atoms with E-state index in [1.807, 2.05) is 0 Å². The molecule has 1 aliphatic carbocycles. The highest BCUT2D eigenvalue weighted by Crippen LogP contribution is 2.44. The van der Waals surface area contributed by atoms with Gasteiger partial charge in [0.05, 0.1) is 0 Å². The zero-order chi connectivity index (χ0) is 28.8. The molecule has 0 N–H and O–H groups in total. The van der Waals surface area contributed by atoms with Crippen molar-refractivity contribution in [3.8, 4) is 27.9 Å². The minimum Gasteiger partial charge on any atom is -0.341 e. The molecule has 0 unspecified atom stereocenters. The van der Waals surface area contributed by atoms with Crippen molar-refractivity contribution in [2.75, 3.05) is 0 Å². The third-order valence-electron chi connectivity index (χ3n) is 8.78. The molecule has 8 rings (SSSR count). The molecule has 0 bridgehead atoms. The Labute approximate surface area is 252 Å². The lowest BCUT2D eigenvalue weighted by Crippen LogP contribution is -1.95. The van der Waals surface area contributed by atoms with E-state index >= 15 is 0 Å². The predicted octanol–water partition coefficient (Wildman–Crippen LogP) is 11.0. The maximum Gasteiger partial charge on any atom is 0.0492 e. The molecule has 5 aromatic carbocycles. The number of hydrogen-bond acceptors (Lipinski definition) is 0. The largest absolute Gasteiger partial charge is 0.341 e. The standard InChI is InChI=1S/C41H32N2/c1-2-43-38-22-14-13-21-34(38)36-26-33(23-24-39(36)43)42-27-32-25-35(29-15-9-5-10-16-29)40(30-17-7-3-4-8-18-30)41(37(32)28-42)31-19-11-6-12-20-31/h3-17,19-28H,2,18H2,1H3. The van der Waals surface area contributed by atoms with Gasteiger partial charge in [-0.15, -0.1) is 0 Å². The highest BCUT2D eigenvalue weighted by atomic mass is 15.0. The van der Waals surface area contributed by atoms with Crippen LogP contribution in [0.2, 0.25) is 0 Å². The Hall–Kier alpha value is -5.34. The fraction of sp³-hybridized carbons (Fsp3) is 0.0732. The summed E-state index contributed by atoms with van der Waals surface area (Å²) in [4.78, 5) is 0. The minimum atomic E-state index is 0.886. The van der Waals surface area contributed by atoms with Crippen LogP contribution >= 0.6 is 0 Å². The fourth-order valence-corrected chi connectivity index (χ4v) is 6.83. The number of hydrogen-bond donors (Lipinski definition) is 0. The van der Waals surface area contributed by atoms with Crippen LogP contribution in [0.5, 0.6) is 0 Å². The summed E-state index contributed by atoms with van der Waals surface area (Å²) in [6.07, 6.45) is 16.5. The molecule has 1 aliphatic rings. The molecule has 2 heteroatoms. The first-order valence-electron chi connectivity index (χ1n) is 15.1. The Bertz CT molecular complexity index is 2220. The second-order valence-electron chi connectivity index (χ2n) is 11.2. The Kier molecular flexibility index (Phi) is 6.19. The minimum absolute atomic E-state index is 0.886. The average Bonchev–Trinajstić information content (AvgIpc) is 3.51. The van der Waals surface area contributed by atoms with Crippen LogP contribution in [0.25, 0.3) is 66.1 Å². The van der Waals surface area contributed by atoms with Gasteiger partial charge in [-0.3, -0.25) is 0 Å². The lowest BCUT2D eigenvalue weighted by Gasteiger charge is -2.19. The van der Waals surface area contributed by atoms with Gasteiger partial charge in [-0.25, -0.2) is 0 Å². The van der Waals surface area contributed by atoms with Crippen LogP contribution in [0.3, 0.4) is 0 Å². The quantitative estimate of drug-likeness (QED) is 0.201. The van der Waals surface area contributed by atoms with Crippen LogP contribution in [-0.2, 0) is 6.54 Å². The third-order valence-corrected chi connectivity index (χ3v) is 8.78. The molecule has 0 saturated carbocycles. The van der Waals surface area contributed by atoms with Crippen molar-refractivity contribution in [2.45, 2.75) is 19.9 Å². The van der Waals surface area contributed by atoms with Gasteiger partial charge in [0.25, 0.3) is 0 Å². The molecule has 0 aliphatic heterocycles. The summed E-state index contributed by atoms with van der Waals surface area (Å²) in [7, 11) is 0. The number of aromatic nitrogens is 2. The van der Waals surface area contributed by atoms with Gasteiger partial charge >= 0.3 is 0 Å². The summed E-state index contributed by atoms with van der Waals surface area (Å²) in [5.41, 5.74) is 11.4. The molecule has 0 saturated heterocycles. The Balaban J connectivity index is 1.43. The summed E-state index contributed by atoms with van der Waals surface area (Å²) in [6.45, 7) is 3.17. The number of nitrogens with zero attached hydrogens (tertiary/aromatic N) is 2. The molecule has 0 amide bonds. The summed E-state index contributed by atoms with van der Waals surface area (Å²) < 4.78 is 4.73. The van der Waals surface area contributed by atoms with Crippen LogP contribution in [0.15, 0.2) is 152 Å². The van der Waals surface area contributed by atoms with Crippen LogP contribution in [0, 0.1) is 0 Å². The fourth-order valence-electron chi connectivity index (χ4n) is 6.83. The molecule has 0 fully saturated rings. The molecular weight excluding hydrogens is 520 g/mol.